The summed E-state index contributed by atoms with van der Waals surface area (Å²) in [6.07, 6.45) is 1.21. The Hall–Kier alpha value is -1.64. The second kappa shape index (κ2) is 5.63. The van der Waals surface area contributed by atoms with Gasteiger partial charge >= 0.3 is 0 Å². The number of hydrogen-bond donors (Lipinski definition) is 1. The Morgan fingerprint density at radius 3 is 2.95 bits per heavy atom. The predicted octanol–water partition coefficient (Wildman–Crippen LogP) is 3.30. The number of fused-ring (bicyclic) bond motifs is 1. The number of para-hydroxylation sites is 1. The zero-order chi connectivity index (χ0) is 15.0. The molecule has 0 bridgehead atoms. The van der Waals surface area contributed by atoms with Gasteiger partial charge in [0, 0.05) is 19.1 Å². The monoisotopic (exact) mass is 300 g/mol. The highest BCUT2D eigenvalue weighted by Gasteiger charge is 2.25. The van der Waals surface area contributed by atoms with Crippen molar-refractivity contribution in [1.82, 2.24) is 14.5 Å². The zero-order valence-electron chi connectivity index (χ0n) is 12.5. The highest BCUT2D eigenvalue weighted by atomic mass is 32.1. The van der Waals surface area contributed by atoms with Gasteiger partial charge in [-0.15, -0.1) is 0 Å². The Kier molecular flexibility index (Phi) is 3.83. The lowest BCUT2D eigenvalue weighted by atomic mass is 10.1. The summed E-state index contributed by atoms with van der Waals surface area (Å²) in [6.45, 7) is 7.72. The lowest BCUT2D eigenvalue weighted by Gasteiger charge is -2.20. The average Bonchev–Trinajstić information content (AvgIpc) is 3.05. The maximum Gasteiger partial charge on any atom is 0.178 e. The molecule has 110 valence electrons. The van der Waals surface area contributed by atoms with Crippen LogP contribution in [0.2, 0.25) is 0 Å². The van der Waals surface area contributed by atoms with Crippen LogP contribution in [0.5, 0.6) is 0 Å². The van der Waals surface area contributed by atoms with Crippen LogP contribution in [-0.2, 0) is 6.54 Å². The van der Waals surface area contributed by atoms with Gasteiger partial charge < -0.3 is 14.5 Å². The summed E-state index contributed by atoms with van der Waals surface area (Å²) in [6, 6.07) is 8.63. The van der Waals surface area contributed by atoms with Crippen LogP contribution in [0.3, 0.4) is 0 Å². The fourth-order valence-electron chi connectivity index (χ4n) is 3.19. The molecule has 0 radical (unpaired) electrons. The van der Waals surface area contributed by atoms with E-state index >= 15 is 0 Å². The van der Waals surface area contributed by atoms with E-state index in [0.29, 0.717) is 17.5 Å². The summed E-state index contributed by atoms with van der Waals surface area (Å²) >= 11 is 5.46. The number of H-pyrrole nitrogens is 1. The molecule has 1 N–H and O–H groups in total. The second-order valence-corrected chi connectivity index (χ2v) is 6.48. The number of aromatic nitrogens is 2. The first kappa shape index (κ1) is 14.3. The molecule has 3 rings (SSSR count). The predicted molar refractivity (Wildman–Crippen MR) is 86.7 cm³/mol. The van der Waals surface area contributed by atoms with Crippen molar-refractivity contribution in [2.45, 2.75) is 32.9 Å². The van der Waals surface area contributed by atoms with Crippen molar-refractivity contribution in [1.29, 1.82) is 5.26 Å². The number of nitriles is 1. The summed E-state index contributed by atoms with van der Waals surface area (Å²) < 4.78 is 2.87. The highest BCUT2D eigenvalue weighted by Crippen LogP contribution is 2.24. The van der Waals surface area contributed by atoms with Crippen molar-refractivity contribution in [3.05, 3.63) is 28.5 Å². The Bertz CT molecular complexity index is 750. The van der Waals surface area contributed by atoms with Gasteiger partial charge in [0.25, 0.3) is 0 Å². The van der Waals surface area contributed by atoms with Crippen molar-refractivity contribution in [3.63, 3.8) is 0 Å². The van der Waals surface area contributed by atoms with Gasteiger partial charge in [-0.1, -0.05) is 6.07 Å². The van der Waals surface area contributed by atoms with Gasteiger partial charge in [0.1, 0.15) is 6.07 Å². The molecule has 1 fully saturated rings. The molecule has 21 heavy (non-hydrogen) atoms. The number of hydrogen-bond acceptors (Lipinski definition) is 3. The van der Waals surface area contributed by atoms with Gasteiger partial charge in [0.2, 0.25) is 0 Å². The van der Waals surface area contributed by atoms with E-state index in [1.165, 1.54) is 13.0 Å². The topological polar surface area (TPSA) is 47.8 Å². The third-order valence-electron chi connectivity index (χ3n) is 4.42. The molecule has 2 aromatic rings. The Morgan fingerprint density at radius 2 is 2.29 bits per heavy atom. The lowest BCUT2D eigenvalue weighted by molar-refractivity contribution is 0.261. The van der Waals surface area contributed by atoms with Crippen LogP contribution >= 0.6 is 12.2 Å². The summed E-state index contributed by atoms with van der Waals surface area (Å²) in [5.41, 5.74) is 2.57. The molecular weight excluding hydrogens is 280 g/mol. The number of imidazole rings is 1. The average molecular weight is 300 g/mol. The zero-order valence-corrected chi connectivity index (χ0v) is 13.3. The molecule has 1 aromatic heterocycles. The standard InChI is InChI=1S/C16H20N4S/c1-11(2)19-7-6-12(9-19)10-20-14-5-3-4-13(8-17)15(14)18-16(20)21/h3-5,11-12H,6-7,9-10H2,1-2H3,(H,18,21). The molecule has 1 aromatic carbocycles. The van der Waals surface area contributed by atoms with E-state index in [1.54, 1.807) is 0 Å². The first-order valence-corrected chi connectivity index (χ1v) is 7.86. The van der Waals surface area contributed by atoms with Gasteiger partial charge in [-0.3, -0.25) is 0 Å². The second-order valence-electron chi connectivity index (χ2n) is 6.10. The molecule has 1 atom stereocenters. The molecule has 1 unspecified atom stereocenters. The van der Waals surface area contributed by atoms with E-state index in [0.717, 1.165) is 28.9 Å². The molecule has 0 spiro atoms. The largest absolute Gasteiger partial charge is 0.329 e. The van der Waals surface area contributed by atoms with E-state index in [-0.39, 0.29) is 0 Å². The minimum absolute atomic E-state index is 0.608. The first-order valence-electron chi connectivity index (χ1n) is 7.46. The van der Waals surface area contributed by atoms with Crippen LogP contribution in [0.4, 0.5) is 0 Å². The third-order valence-corrected chi connectivity index (χ3v) is 4.74. The van der Waals surface area contributed by atoms with E-state index in [4.69, 9.17) is 12.2 Å². The van der Waals surface area contributed by atoms with E-state index in [9.17, 15) is 5.26 Å². The maximum absolute atomic E-state index is 9.20. The molecule has 4 nitrogen and oxygen atoms in total. The van der Waals surface area contributed by atoms with Crippen LogP contribution in [0.15, 0.2) is 18.2 Å². The Labute approximate surface area is 130 Å². The molecule has 5 heteroatoms. The van der Waals surface area contributed by atoms with E-state index in [2.05, 4.69) is 34.4 Å². The van der Waals surface area contributed by atoms with Crippen LogP contribution in [-0.4, -0.2) is 33.6 Å². The van der Waals surface area contributed by atoms with Gasteiger partial charge in [0.05, 0.1) is 16.6 Å². The van der Waals surface area contributed by atoms with Crippen molar-refractivity contribution in [3.8, 4) is 6.07 Å². The molecule has 2 heterocycles. The molecule has 0 amide bonds. The fourth-order valence-corrected chi connectivity index (χ4v) is 3.47. The normalized spacial score (nSPS) is 19.4. The maximum atomic E-state index is 9.20. The van der Waals surface area contributed by atoms with Crippen LogP contribution in [0.1, 0.15) is 25.8 Å². The van der Waals surface area contributed by atoms with E-state index in [1.807, 2.05) is 18.2 Å². The number of rotatable bonds is 3. The molecule has 1 aliphatic rings. The number of nitrogens with one attached hydrogen (secondary N) is 1. The number of benzene rings is 1. The quantitative estimate of drug-likeness (QED) is 0.885. The van der Waals surface area contributed by atoms with Crippen LogP contribution < -0.4 is 0 Å². The minimum atomic E-state index is 0.608. The summed E-state index contributed by atoms with van der Waals surface area (Å²) in [4.78, 5) is 5.71. The Morgan fingerprint density at radius 1 is 1.48 bits per heavy atom. The van der Waals surface area contributed by atoms with Gasteiger partial charge in [-0.05, 0) is 57.1 Å². The summed E-state index contributed by atoms with van der Waals surface area (Å²) in [7, 11) is 0. The minimum Gasteiger partial charge on any atom is -0.329 e. The third kappa shape index (κ3) is 2.61. The molecular formula is C16H20N4S. The number of likely N-dealkylation sites (tertiary alicyclic amines) is 1. The highest BCUT2D eigenvalue weighted by molar-refractivity contribution is 7.71. The fraction of sp³-hybridized carbons (Fsp3) is 0.500. The molecule has 1 saturated heterocycles. The SMILES string of the molecule is CC(C)N1CCC(Cn2c(=S)[nH]c3c(C#N)cccc32)C1. The molecule has 0 aliphatic carbocycles. The van der Waals surface area contributed by atoms with Crippen LogP contribution in [0, 0.1) is 22.0 Å². The number of aromatic amines is 1. The van der Waals surface area contributed by atoms with Gasteiger partial charge in [-0.25, -0.2) is 0 Å². The lowest BCUT2D eigenvalue weighted by Crippen LogP contribution is -2.28. The number of nitrogens with zero attached hydrogens (tertiary/aromatic N) is 3. The van der Waals surface area contributed by atoms with Gasteiger partial charge in [0.15, 0.2) is 4.77 Å². The van der Waals surface area contributed by atoms with Crippen molar-refractivity contribution in [2.24, 2.45) is 5.92 Å². The molecule has 0 saturated carbocycles. The Balaban J connectivity index is 1.90. The van der Waals surface area contributed by atoms with Crippen molar-refractivity contribution < 1.29 is 0 Å². The van der Waals surface area contributed by atoms with Crippen LogP contribution in [0.25, 0.3) is 11.0 Å². The molecule has 1 aliphatic heterocycles. The smallest absolute Gasteiger partial charge is 0.178 e. The van der Waals surface area contributed by atoms with Gasteiger partial charge in [-0.2, -0.15) is 5.26 Å². The summed E-state index contributed by atoms with van der Waals surface area (Å²) in [5, 5.41) is 9.20. The first-order chi connectivity index (χ1) is 10.1. The van der Waals surface area contributed by atoms with Crippen molar-refractivity contribution >= 4 is 23.3 Å². The van der Waals surface area contributed by atoms with Crippen molar-refractivity contribution in [2.75, 3.05) is 13.1 Å². The summed E-state index contributed by atoms with van der Waals surface area (Å²) in [5.74, 6) is 0.629. The van der Waals surface area contributed by atoms with E-state index < -0.39 is 0 Å².